The van der Waals surface area contributed by atoms with E-state index in [1.165, 1.54) is 33.1 Å². The van der Waals surface area contributed by atoms with E-state index in [4.69, 9.17) is 12.2 Å². The Balaban J connectivity index is 1.37. The summed E-state index contributed by atoms with van der Waals surface area (Å²) in [6, 6.07) is 5.79. The molecule has 0 aliphatic heterocycles. The molecule has 0 saturated carbocycles. The van der Waals surface area contributed by atoms with E-state index in [1.54, 1.807) is 4.57 Å². The number of hydrogen-bond donors (Lipinski definition) is 3. The van der Waals surface area contributed by atoms with Crippen molar-refractivity contribution in [2.45, 2.75) is 46.6 Å². The number of carbonyl (C=O) groups is 2. The number of hydrogen-bond acceptors (Lipinski definition) is 6. The number of aromatic amines is 1. The number of thiophene rings is 2. The van der Waals surface area contributed by atoms with Crippen LogP contribution in [0.3, 0.4) is 0 Å². The highest BCUT2D eigenvalue weighted by molar-refractivity contribution is 7.71. The predicted molar refractivity (Wildman–Crippen MR) is 126 cm³/mol. The number of H-pyrrole nitrogens is 1. The minimum absolute atomic E-state index is 0.0446. The zero-order valence-corrected chi connectivity index (χ0v) is 20.1. The fraction of sp³-hybridized carbons (Fsp3) is 0.429. The van der Waals surface area contributed by atoms with Crippen molar-refractivity contribution in [2.75, 3.05) is 0 Å². The molecule has 3 aromatic rings. The number of amides is 2. The summed E-state index contributed by atoms with van der Waals surface area (Å²) < 4.78 is 1.96. The van der Waals surface area contributed by atoms with Crippen molar-refractivity contribution in [1.29, 1.82) is 0 Å². The van der Waals surface area contributed by atoms with Gasteiger partial charge in [-0.15, -0.1) is 22.7 Å². The fourth-order valence-corrected chi connectivity index (χ4v) is 5.83. The number of aromatic nitrogens is 3. The second-order valence-corrected chi connectivity index (χ2v) is 11.3. The topological polar surface area (TPSA) is 91.8 Å². The molecule has 1 aliphatic rings. The van der Waals surface area contributed by atoms with Crippen LogP contribution >= 0.6 is 34.9 Å². The molecular weight excluding hydrogens is 450 g/mol. The Bertz CT molecular complexity index is 1150. The van der Waals surface area contributed by atoms with Crippen molar-refractivity contribution >= 4 is 46.7 Å². The Kier molecular flexibility index (Phi) is 6.14. The highest BCUT2D eigenvalue weighted by atomic mass is 32.1. The van der Waals surface area contributed by atoms with Crippen LogP contribution in [0.2, 0.25) is 0 Å². The Morgan fingerprint density at radius 2 is 2.16 bits per heavy atom. The van der Waals surface area contributed by atoms with E-state index in [1.807, 2.05) is 23.6 Å². The third-order valence-electron chi connectivity index (χ3n) is 5.65. The molecule has 10 heteroatoms. The van der Waals surface area contributed by atoms with Crippen molar-refractivity contribution in [1.82, 2.24) is 25.6 Å². The van der Waals surface area contributed by atoms with Gasteiger partial charge in [0.25, 0.3) is 11.8 Å². The summed E-state index contributed by atoms with van der Waals surface area (Å²) in [5, 5.41) is 8.86. The lowest BCUT2D eigenvalue weighted by Gasteiger charge is -2.33. The van der Waals surface area contributed by atoms with Gasteiger partial charge in [-0.05, 0) is 65.9 Å². The zero-order chi connectivity index (χ0) is 22.2. The summed E-state index contributed by atoms with van der Waals surface area (Å²) in [6.07, 6.45) is 3.15. The molecule has 0 aromatic carbocycles. The zero-order valence-electron chi connectivity index (χ0n) is 17.7. The van der Waals surface area contributed by atoms with E-state index in [0.29, 0.717) is 21.4 Å². The van der Waals surface area contributed by atoms with Gasteiger partial charge >= 0.3 is 0 Å². The van der Waals surface area contributed by atoms with E-state index in [0.717, 1.165) is 24.1 Å². The Morgan fingerprint density at radius 1 is 1.35 bits per heavy atom. The maximum absolute atomic E-state index is 12.6. The van der Waals surface area contributed by atoms with Gasteiger partial charge in [0.15, 0.2) is 10.6 Å². The van der Waals surface area contributed by atoms with Crippen LogP contribution in [0.5, 0.6) is 0 Å². The summed E-state index contributed by atoms with van der Waals surface area (Å²) in [6.45, 7) is 6.77. The molecule has 3 aromatic heterocycles. The van der Waals surface area contributed by atoms with Gasteiger partial charge in [0.05, 0.1) is 9.75 Å². The summed E-state index contributed by atoms with van der Waals surface area (Å²) in [4.78, 5) is 27.9. The molecule has 164 valence electrons. The molecule has 2 amide bonds. The second kappa shape index (κ2) is 8.68. The van der Waals surface area contributed by atoms with Gasteiger partial charge < -0.3 is 0 Å². The Morgan fingerprint density at radius 3 is 2.87 bits per heavy atom. The number of aryl methyl sites for hydroxylation is 1. The quantitative estimate of drug-likeness (QED) is 0.387. The van der Waals surface area contributed by atoms with Gasteiger partial charge in [-0.2, -0.15) is 5.10 Å². The summed E-state index contributed by atoms with van der Waals surface area (Å²) in [5.74, 6) is 0.537. The minimum atomic E-state index is -0.377. The van der Waals surface area contributed by atoms with Crippen LogP contribution < -0.4 is 10.9 Å². The number of nitrogens with one attached hydrogen (secondary N) is 3. The first-order valence-electron chi connectivity index (χ1n) is 10.1. The molecule has 0 radical (unpaired) electrons. The van der Waals surface area contributed by atoms with E-state index in [9.17, 15) is 9.59 Å². The van der Waals surface area contributed by atoms with Gasteiger partial charge in [0, 0.05) is 4.88 Å². The average molecular weight is 476 g/mol. The number of nitrogens with zero attached hydrogens (tertiary/aromatic N) is 2. The SMILES string of the molecule is CC(C)(C)C1CCc2sc(C(=O)NNC(=O)Cn3c(-c4cccs4)n[nH]c3=S)cc2C1. The standard InChI is InChI=1S/C21H25N5O2S3/c1-21(2,3)13-6-7-14-12(9-13)10-16(31-14)19(28)24-22-17(27)11-26-18(23-25-20(26)29)15-5-4-8-30-15/h4-5,8,10,13H,6-7,9,11H2,1-3H3,(H,22,27)(H,24,28)(H,25,29). The maximum atomic E-state index is 12.6. The first-order chi connectivity index (χ1) is 14.7. The number of carbonyl (C=O) groups excluding carboxylic acids is 2. The van der Waals surface area contributed by atoms with Crippen LogP contribution in [-0.2, 0) is 24.2 Å². The molecule has 3 heterocycles. The molecule has 1 atom stereocenters. The van der Waals surface area contributed by atoms with Crippen LogP contribution in [0.25, 0.3) is 10.7 Å². The third kappa shape index (κ3) is 4.81. The summed E-state index contributed by atoms with van der Waals surface area (Å²) >= 11 is 8.27. The molecular formula is C21H25N5O2S3. The minimum Gasteiger partial charge on any atom is -0.290 e. The first-order valence-corrected chi connectivity index (χ1v) is 12.2. The van der Waals surface area contributed by atoms with Crippen molar-refractivity contribution in [3.05, 3.63) is 43.7 Å². The molecule has 0 spiro atoms. The van der Waals surface area contributed by atoms with Crippen LogP contribution in [0.15, 0.2) is 23.6 Å². The lowest BCUT2D eigenvalue weighted by Crippen LogP contribution is -2.43. The fourth-order valence-electron chi connectivity index (χ4n) is 3.80. The van der Waals surface area contributed by atoms with Crippen molar-refractivity contribution < 1.29 is 9.59 Å². The van der Waals surface area contributed by atoms with Crippen molar-refractivity contribution in [2.24, 2.45) is 11.3 Å². The molecule has 31 heavy (non-hydrogen) atoms. The second-order valence-electron chi connectivity index (χ2n) is 8.78. The molecule has 0 saturated heterocycles. The smallest absolute Gasteiger partial charge is 0.279 e. The lowest BCUT2D eigenvalue weighted by molar-refractivity contribution is -0.122. The molecule has 7 nitrogen and oxygen atoms in total. The van der Waals surface area contributed by atoms with Crippen molar-refractivity contribution in [3.63, 3.8) is 0 Å². The van der Waals surface area contributed by atoms with Crippen molar-refractivity contribution in [3.8, 4) is 10.7 Å². The summed E-state index contributed by atoms with van der Waals surface area (Å²) in [5.41, 5.74) is 6.55. The largest absolute Gasteiger partial charge is 0.290 e. The molecule has 1 unspecified atom stereocenters. The van der Waals surface area contributed by atoms with Gasteiger partial charge in [-0.3, -0.25) is 30.1 Å². The highest BCUT2D eigenvalue weighted by Crippen LogP contribution is 2.40. The highest BCUT2D eigenvalue weighted by Gasteiger charge is 2.30. The molecule has 4 rings (SSSR count). The first kappa shape index (κ1) is 21.9. The van der Waals surface area contributed by atoms with E-state index < -0.39 is 0 Å². The van der Waals surface area contributed by atoms with Crippen LogP contribution in [0.4, 0.5) is 0 Å². The summed E-state index contributed by atoms with van der Waals surface area (Å²) in [7, 11) is 0. The monoisotopic (exact) mass is 475 g/mol. The number of hydrazine groups is 1. The van der Waals surface area contributed by atoms with Gasteiger partial charge in [0.2, 0.25) is 0 Å². The van der Waals surface area contributed by atoms with Gasteiger partial charge in [-0.1, -0.05) is 26.8 Å². The third-order valence-corrected chi connectivity index (χ3v) is 8.06. The Hall–Kier alpha value is -2.30. The normalized spacial score (nSPS) is 16.0. The van der Waals surface area contributed by atoms with E-state index >= 15 is 0 Å². The van der Waals surface area contributed by atoms with E-state index in [2.05, 4.69) is 41.8 Å². The van der Waals surface area contributed by atoms with Gasteiger partial charge in [-0.25, -0.2) is 0 Å². The molecule has 0 bridgehead atoms. The Labute approximate surface area is 193 Å². The van der Waals surface area contributed by atoms with Crippen LogP contribution in [0, 0.1) is 16.1 Å². The van der Waals surface area contributed by atoms with E-state index in [-0.39, 0.29) is 23.8 Å². The molecule has 1 aliphatic carbocycles. The molecule has 0 fully saturated rings. The number of rotatable bonds is 4. The van der Waals surface area contributed by atoms with Gasteiger partial charge in [0.1, 0.15) is 6.54 Å². The predicted octanol–water partition coefficient (Wildman–Crippen LogP) is 4.34. The molecule has 3 N–H and O–H groups in total. The van der Waals surface area contributed by atoms with Crippen LogP contribution in [-0.4, -0.2) is 26.6 Å². The average Bonchev–Trinajstić information content (AvgIpc) is 3.45. The maximum Gasteiger partial charge on any atom is 0.279 e. The lowest BCUT2D eigenvalue weighted by atomic mass is 9.72. The number of fused-ring (bicyclic) bond motifs is 1. The van der Waals surface area contributed by atoms with Crippen LogP contribution in [0.1, 0.15) is 47.3 Å².